The molecule has 0 spiro atoms. The SMILES string of the molecule is O=C(O)CCCC(=O)Nc1nc2n(n1)C(c1ccccc1Cl)CC(c1ccc(Cl)cc1)N2. The second-order valence-corrected chi connectivity index (χ2v) is 8.36. The lowest BCUT2D eigenvalue weighted by Gasteiger charge is -2.32. The highest BCUT2D eigenvalue weighted by atomic mass is 35.5. The van der Waals surface area contributed by atoms with Gasteiger partial charge in [0.2, 0.25) is 11.9 Å². The van der Waals surface area contributed by atoms with Gasteiger partial charge in [-0.25, -0.2) is 4.68 Å². The van der Waals surface area contributed by atoms with E-state index >= 15 is 0 Å². The fraction of sp³-hybridized carbons (Fsp3) is 0.273. The van der Waals surface area contributed by atoms with Crippen LogP contribution in [-0.4, -0.2) is 31.7 Å². The van der Waals surface area contributed by atoms with E-state index in [-0.39, 0.29) is 43.2 Å². The van der Waals surface area contributed by atoms with Gasteiger partial charge in [-0.2, -0.15) is 4.98 Å². The zero-order valence-corrected chi connectivity index (χ0v) is 18.5. The van der Waals surface area contributed by atoms with Gasteiger partial charge in [-0.1, -0.05) is 53.5 Å². The van der Waals surface area contributed by atoms with Crippen LogP contribution in [0, 0.1) is 0 Å². The summed E-state index contributed by atoms with van der Waals surface area (Å²) >= 11 is 12.5. The van der Waals surface area contributed by atoms with Gasteiger partial charge in [-0.05, 0) is 42.2 Å². The van der Waals surface area contributed by atoms with E-state index in [9.17, 15) is 9.59 Å². The highest BCUT2D eigenvalue weighted by Gasteiger charge is 2.32. The second kappa shape index (κ2) is 9.58. The summed E-state index contributed by atoms with van der Waals surface area (Å²) in [6.07, 6.45) is 0.909. The Morgan fingerprint density at radius 3 is 2.59 bits per heavy atom. The van der Waals surface area contributed by atoms with Crippen LogP contribution >= 0.6 is 23.2 Å². The maximum absolute atomic E-state index is 12.2. The molecule has 3 aromatic rings. The number of hydrogen-bond acceptors (Lipinski definition) is 5. The number of carboxylic acid groups (broad SMARTS) is 1. The maximum Gasteiger partial charge on any atom is 0.303 e. The molecule has 0 fully saturated rings. The zero-order valence-electron chi connectivity index (χ0n) is 17.0. The minimum Gasteiger partial charge on any atom is -0.481 e. The van der Waals surface area contributed by atoms with E-state index in [0.717, 1.165) is 11.1 Å². The molecule has 10 heteroatoms. The van der Waals surface area contributed by atoms with Crippen LogP contribution in [0.15, 0.2) is 48.5 Å². The molecule has 0 aliphatic carbocycles. The van der Waals surface area contributed by atoms with Gasteiger partial charge in [0.1, 0.15) is 0 Å². The van der Waals surface area contributed by atoms with E-state index in [0.29, 0.717) is 22.4 Å². The van der Waals surface area contributed by atoms with Crippen LogP contribution in [0.4, 0.5) is 11.9 Å². The van der Waals surface area contributed by atoms with Gasteiger partial charge in [-0.15, -0.1) is 5.10 Å². The lowest BCUT2D eigenvalue weighted by atomic mass is 9.93. The first-order chi connectivity index (χ1) is 15.4. The number of carbonyl (C=O) groups is 2. The van der Waals surface area contributed by atoms with Crippen molar-refractivity contribution in [2.24, 2.45) is 0 Å². The predicted octanol–water partition coefficient (Wildman–Crippen LogP) is 4.92. The Bertz CT molecular complexity index is 1130. The van der Waals surface area contributed by atoms with E-state index in [2.05, 4.69) is 20.7 Å². The molecule has 1 aliphatic heterocycles. The molecule has 0 saturated carbocycles. The standard InChI is InChI=1S/C22H21Cl2N5O3/c23-14-10-8-13(9-11-14)17-12-18(15-4-1-2-5-16(15)24)29-22(25-17)27-21(28-29)26-19(30)6-3-7-20(31)32/h1-2,4-5,8-11,17-18H,3,6-7,12H2,(H,31,32)(H2,25,26,27,28,30). The van der Waals surface area contributed by atoms with Crippen molar-refractivity contribution in [2.75, 3.05) is 10.6 Å². The number of rotatable bonds is 7. The minimum atomic E-state index is -0.937. The van der Waals surface area contributed by atoms with Crippen LogP contribution in [0.25, 0.3) is 0 Å². The van der Waals surface area contributed by atoms with Crippen molar-refractivity contribution in [3.63, 3.8) is 0 Å². The molecule has 166 valence electrons. The number of benzene rings is 2. The molecule has 0 saturated heterocycles. The van der Waals surface area contributed by atoms with Crippen LogP contribution in [0.2, 0.25) is 10.0 Å². The number of nitrogens with one attached hydrogen (secondary N) is 2. The van der Waals surface area contributed by atoms with Crippen LogP contribution in [0.3, 0.4) is 0 Å². The van der Waals surface area contributed by atoms with E-state index in [4.69, 9.17) is 28.3 Å². The maximum atomic E-state index is 12.2. The Labute approximate surface area is 194 Å². The van der Waals surface area contributed by atoms with Gasteiger partial charge in [0.05, 0.1) is 12.1 Å². The molecule has 32 heavy (non-hydrogen) atoms. The van der Waals surface area contributed by atoms with Gasteiger partial charge >= 0.3 is 5.97 Å². The summed E-state index contributed by atoms with van der Waals surface area (Å²) < 4.78 is 1.72. The van der Waals surface area contributed by atoms with Crippen molar-refractivity contribution in [2.45, 2.75) is 37.8 Å². The molecule has 8 nitrogen and oxygen atoms in total. The molecule has 1 amide bonds. The van der Waals surface area contributed by atoms with E-state index in [1.807, 2.05) is 48.5 Å². The summed E-state index contributed by atoms with van der Waals surface area (Å²) in [5, 5.41) is 20.5. The third kappa shape index (κ3) is 5.03. The van der Waals surface area contributed by atoms with Gasteiger partial charge in [-0.3, -0.25) is 14.9 Å². The summed E-state index contributed by atoms with van der Waals surface area (Å²) in [6, 6.07) is 14.9. The number of nitrogens with zero attached hydrogens (tertiary/aromatic N) is 3. The number of fused-ring (bicyclic) bond motifs is 1. The Kier molecular flexibility index (Phi) is 6.62. The highest BCUT2D eigenvalue weighted by Crippen LogP contribution is 2.40. The average molecular weight is 474 g/mol. The fourth-order valence-electron chi connectivity index (χ4n) is 3.74. The Balaban J connectivity index is 1.61. The molecule has 4 rings (SSSR count). The molecule has 1 aliphatic rings. The van der Waals surface area contributed by atoms with Crippen LogP contribution in [0.5, 0.6) is 0 Å². The average Bonchev–Trinajstić information content (AvgIpc) is 3.16. The number of hydrogen-bond donors (Lipinski definition) is 3. The van der Waals surface area contributed by atoms with Crippen molar-refractivity contribution in [1.29, 1.82) is 0 Å². The van der Waals surface area contributed by atoms with E-state index in [1.54, 1.807) is 4.68 Å². The first kappa shape index (κ1) is 22.1. The van der Waals surface area contributed by atoms with Crippen LogP contribution in [0.1, 0.15) is 48.9 Å². The predicted molar refractivity (Wildman–Crippen MR) is 122 cm³/mol. The molecule has 0 bridgehead atoms. The topological polar surface area (TPSA) is 109 Å². The molecule has 2 unspecified atom stereocenters. The Morgan fingerprint density at radius 2 is 1.88 bits per heavy atom. The minimum absolute atomic E-state index is 0.0654. The third-order valence-corrected chi connectivity index (χ3v) is 5.87. The first-order valence-electron chi connectivity index (χ1n) is 10.2. The smallest absolute Gasteiger partial charge is 0.303 e. The monoisotopic (exact) mass is 473 g/mol. The largest absolute Gasteiger partial charge is 0.481 e. The fourth-order valence-corrected chi connectivity index (χ4v) is 4.12. The normalized spacial score (nSPS) is 17.3. The Hall–Kier alpha value is -3.10. The van der Waals surface area contributed by atoms with Crippen molar-refractivity contribution in [3.05, 3.63) is 69.7 Å². The molecule has 2 aromatic carbocycles. The first-order valence-corrected chi connectivity index (χ1v) is 10.9. The van der Waals surface area contributed by atoms with Crippen molar-refractivity contribution in [3.8, 4) is 0 Å². The zero-order chi connectivity index (χ0) is 22.7. The molecule has 1 aromatic heterocycles. The van der Waals surface area contributed by atoms with Gasteiger partial charge in [0.15, 0.2) is 0 Å². The number of carboxylic acids is 1. The van der Waals surface area contributed by atoms with Crippen LogP contribution in [-0.2, 0) is 9.59 Å². The van der Waals surface area contributed by atoms with Crippen LogP contribution < -0.4 is 10.6 Å². The van der Waals surface area contributed by atoms with Crippen molar-refractivity contribution in [1.82, 2.24) is 14.8 Å². The number of amides is 1. The number of halogens is 2. The highest BCUT2D eigenvalue weighted by molar-refractivity contribution is 6.31. The van der Waals surface area contributed by atoms with Gasteiger partial charge in [0, 0.05) is 22.9 Å². The lowest BCUT2D eigenvalue weighted by molar-refractivity contribution is -0.137. The molecular weight excluding hydrogens is 453 g/mol. The summed E-state index contributed by atoms with van der Waals surface area (Å²) in [6.45, 7) is 0. The Morgan fingerprint density at radius 1 is 1.12 bits per heavy atom. The lowest BCUT2D eigenvalue weighted by Crippen LogP contribution is -2.28. The second-order valence-electron chi connectivity index (χ2n) is 7.52. The third-order valence-electron chi connectivity index (χ3n) is 5.27. The summed E-state index contributed by atoms with van der Waals surface area (Å²) in [4.78, 5) is 27.3. The molecule has 2 heterocycles. The summed E-state index contributed by atoms with van der Waals surface area (Å²) in [7, 11) is 0. The van der Waals surface area contributed by atoms with Gasteiger partial charge in [0.25, 0.3) is 5.95 Å². The van der Waals surface area contributed by atoms with E-state index in [1.165, 1.54) is 0 Å². The number of aromatic nitrogens is 3. The molecular formula is C22H21Cl2N5O3. The number of aliphatic carboxylic acids is 1. The molecule has 3 N–H and O–H groups in total. The van der Waals surface area contributed by atoms with Crippen molar-refractivity contribution >= 4 is 47.0 Å². The summed E-state index contributed by atoms with van der Waals surface area (Å²) in [5.41, 5.74) is 1.94. The molecule has 2 atom stereocenters. The van der Waals surface area contributed by atoms with Gasteiger partial charge < -0.3 is 10.4 Å². The van der Waals surface area contributed by atoms with Crippen molar-refractivity contribution < 1.29 is 14.7 Å². The summed E-state index contributed by atoms with van der Waals surface area (Å²) in [5.74, 6) is -0.616. The quantitative estimate of drug-likeness (QED) is 0.448. The number of carbonyl (C=O) groups excluding carboxylic acids is 1. The number of anilines is 2. The van der Waals surface area contributed by atoms with E-state index < -0.39 is 5.97 Å². The molecule has 0 radical (unpaired) electrons.